The number of hydrogen-bond acceptors (Lipinski definition) is 5. The Kier molecular flexibility index (Phi) is 12.7. The molecule has 0 aromatic heterocycles. The first-order chi connectivity index (χ1) is 18.2. The fraction of sp³-hybridized carbons (Fsp3) is 0.517. The molecule has 3 atom stereocenters. The Bertz CT molecular complexity index is 1140. The number of nitrogens with one attached hydrogen (secondary N) is 3. The molecule has 1 aliphatic rings. The van der Waals surface area contributed by atoms with Crippen LogP contribution in [0.1, 0.15) is 52.0 Å². The van der Waals surface area contributed by atoms with Crippen LogP contribution in [0.5, 0.6) is 0 Å². The van der Waals surface area contributed by atoms with E-state index < -0.39 is 18.1 Å². The number of halogens is 1. The number of fused-ring (bicyclic) bond motifs is 1. The van der Waals surface area contributed by atoms with E-state index >= 15 is 0 Å². The lowest BCUT2D eigenvalue weighted by molar-refractivity contribution is -0.142. The van der Waals surface area contributed by atoms with Gasteiger partial charge in [-0.25, -0.2) is 0 Å². The number of rotatable bonds is 12. The lowest BCUT2D eigenvalue weighted by Gasteiger charge is -2.29. The molecule has 0 spiro atoms. The van der Waals surface area contributed by atoms with Crippen molar-refractivity contribution in [3.63, 3.8) is 0 Å². The monoisotopic (exact) mass is 559 g/mol. The van der Waals surface area contributed by atoms with Gasteiger partial charge in [-0.2, -0.15) is 0 Å². The van der Waals surface area contributed by atoms with Crippen molar-refractivity contribution in [2.24, 2.45) is 11.7 Å². The van der Waals surface area contributed by atoms with E-state index in [0.717, 1.165) is 35.6 Å². The Hall–Kier alpha value is -3.17. The van der Waals surface area contributed by atoms with Crippen LogP contribution in [0.2, 0.25) is 0 Å². The van der Waals surface area contributed by atoms with Crippen LogP contribution >= 0.6 is 12.4 Å². The predicted molar refractivity (Wildman–Crippen MR) is 155 cm³/mol. The van der Waals surface area contributed by atoms with Crippen LogP contribution in [0.25, 0.3) is 10.8 Å². The number of carbonyl (C=O) groups is 4. The van der Waals surface area contributed by atoms with Gasteiger partial charge in [-0.05, 0) is 48.9 Å². The molecule has 1 heterocycles. The molecule has 39 heavy (non-hydrogen) atoms. The van der Waals surface area contributed by atoms with Gasteiger partial charge in [-0.15, -0.1) is 12.4 Å². The Morgan fingerprint density at radius 1 is 0.974 bits per heavy atom. The summed E-state index contributed by atoms with van der Waals surface area (Å²) in [6.07, 6.45) is 3.08. The van der Waals surface area contributed by atoms with E-state index in [1.807, 2.05) is 56.3 Å². The molecule has 0 saturated carbocycles. The average Bonchev–Trinajstić information content (AvgIpc) is 3.41. The summed E-state index contributed by atoms with van der Waals surface area (Å²) in [4.78, 5) is 53.1. The molecular formula is C29H42ClN5O4. The fourth-order valence-corrected chi connectivity index (χ4v) is 4.91. The number of nitrogens with zero attached hydrogens (tertiary/aromatic N) is 1. The summed E-state index contributed by atoms with van der Waals surface area (Å²) in [6, 6.07) is 11.9. The minimum Gasteiger partial charge on any atom is -0.353 e. The maximum absolute atomic E-state index is 13.4. The quantitative estimate of drug-likeness (QED) is 0.296. The van der Waals surface area contributed by atoms with Gasteiger partial charge in [0.1, 0.15) is 12.1 Å². The average molecular weight is 560 g/mol. The van der Waals surface area contributed by atoms with Gasteiger partial charge < -0.3 is 26.6 Å². The third kappa shape index (κ3) is 8.66. The van der Waals surface area contributed by atoms with Gasteiger partial charge in [-0.3, -0.25) is 19.2 Å². The van der Waals surface area contributed by atoms with Crippen LogP contribution in [0.3, 0.4) is 0 Å². The molecule has 10 heteroatoms. The van der Waals surface area contributed by atoms with Crippen LogP contribution in [0, 0.1) is 5.92 Å². The second kappa shape index (κ2) is 15.4. The van der Waals surface area contributed by atoms with Gasteiger partial charge in [0.05, 0.1) is 6.04 Å². The van der Waals surface area contributed by atoms with Gasteiger partial charge in [-0.1, -0.05) is 56.3 Å². The van der Waals surface area contributed by atoms with Crippen LogP contribution in [-0.2, 0) is 25.6 Å². The summed E-state index contributed by atoms with van der Waals surface area (Å²) < 4.78 is 0. The minimum absolute atomic E-state index is 0. The van der Waals surface area contributed by atoms with Crippen LogP contribution in [-0.4, -0.2) is 66.3 Å². The maximum Gasteiger partial charge on any atom is 0.243 e. The number of likely N-dealkylation sites (tertiary alicyclic amines) is 1. The third-order valence-electron chi connectivity index (χ3n) is 7.20. The smallest absolute Gasteiger partial charge is 0.243 e. The van der Waals surface area contributed by atoms with E-state index in [9.17, 15) is 19.2 Å². The molecule has 1 aliphatic heterocycles. The molecule has 9 nitrogen and oxygen atoms in total. The van der Waals surface area contributed by atoms with Crippen LogP contribution in [0.4, 0.5) is 0 Å². The highest BCUT2D eigenvalue weighted by atomic mass is 35.5. The van der Waals surface area contributed by atoms with Crippen molar-refractivity contribution < 1.29 is 19.2 Å². The fourth-order valence-electron chi connectivity index (χ4n) is 4.91. The van der Waals surface area contributed by atoms with Gasteiger partial charge in [0.2, 0.25) is 23.6 Å². The molecule has 3 rings (SSSR count). The minimum atomic E-state index is -0.835. The zero-order chi connectivity index (χ0) is 27.7. The lowest BCUT2D eigenvalue weighted by Crippen LogP contribution is -2.55. The summed E-state index contributed by atoms with van der Waals surface area (Å²) in [5.74, 6) is -1.06. The molecule has 1 unspecified atom stereocenters. The topological polar surface area (TPSA) is 134 Å². The molecular weight excluding hydrogens is 518 g/mol. The normalized spacial score (nSPS) is 16.3. The van der Waals surface area contributed by atoms with Crippen molar-refractivity contribution in [1.29, 1.82) is 0 Å². The van der Waals surface area contributed by atoms with Crippen molar-refractivity contribution >= 4 is 46.8 Å². The van der Waals surface area contributed by atoms with Crippen molar-refractivity contribution in [3.05, 3.63) is 48.0 Å². The van der Waals surface area contributed by atoms with Gasteiger partial charge in [0.15, 0.2) is 0 Å². The van der Waals surface area contributed by atoms with Crippen LogP contribution in [0.15, 0.2) is 42.5 Å². The molecule has 214 valence electrons. The van der Waals surface area contributed by atoms with Crippen molar-refractivity contribution in [2.45, 2.75) is 71.0 Å². The Morgan fingerprint density at radius 2 is 1.62 bits per heavy atom. The first kappa shape index (κ1) is 32.0. The highest BCUT2D eigenvalue weighted by Crippen LogP contribution is 2.23. The van der Waals surface area contributed by atoms with Gasteiger partial charge >= 0.3 is 0 Å². The standard InChI is InChI=1S/C29H41N5O4.ClH/c1-4-21(5-2)29(38)34-16-8-11-25(34)28(37)33-24(27(36)32-15-14-31-26(35)19(3)30)18-20-12-13-22-9-6-7-10-23(22)17-20;/h6-7,9-10,12-13,17,19,21,24-25H,4-5,8,11,14-16,18,30H2,1-3H3,(H,31,35)(H,32,36)(H,33,37);1H/t19?,24-,25+;/m1./s1. The van der Waals surface area contributed by atoms with Crippen molar-refractivity contribution in [2.75, 3.05) is 19.6 Å². The molecule has 0 bridgehead atoms. The second-order valence-corrected chi connectivity index (χ2v) is 10.0. The van der Waals surface area contributed by atoms with Gasteiger partial charge in [0.25, 0.3) is 0 Å². The number of nitrogens with two attached hydrogens (primary N) is 1. The number of benzene rings is 2. The molecule has 4 amide bonds. The largest absolute Gasteiger partial charge is 0.353 e. The summed E-state index contributed by atoms with van der Waals surface area (Å²) >= 11 is 0. The summed E-state index contributed by atoms with van der Waals surface area (Å²) in [7, 11) is 0. The van der Waals surface area contributed by atoms with Gasteiger partial charge in [0, 0.05) is 32.0 Å². The van der Waals surface area contributed by atoms with E-state index in [0.29, 0.717) is 19.4 Å². The molecule has 2 aromatic rings. The molecule has 1 saturated heterocycles. The maximum atomic E-state index is 13.4. The van der Waals surface area contributed by atoms with E-state index in [2.05, 4.69) is 16.0 Å². The number of amides is 4. The van der Waals surface area contributed by atoms with E-state index in [1.165, 1.54) is 0 Å². The SMILES string of the molecule is CCC(CC)C(=O)N1CCC[C@H]1C(=O)N[C@H](Cc1ccc2ccccc2c1)C(=O)NCCNC(=O)C(C)N.Cl. The zero-order valence-corrected chi connectivity index (χ0v) is 23.9. The Labute approximate surface area is 237 Å². The van der Waals surface area contributed by atoms with E-state index in [4.69, 9.17) is 5.73 Å². The first-order valence-electron chi connectivity index (χ1n) is 13.6. The van der Waals surface area contributed by atoms with Crippen LogP contribution < -0.4 is 21.7 Å². The zero-order valence-electron chi connectivity index (χ0n) is 23.1. The molecule has 0 aliphatic carbocycles. The van der Waals surface area contributed by atoms with Crippen molar-refractivity contribution in [1.82, 2.24) is 20.9 Å². The molecule has 1 fully saturated rings. The van der Waals surface area contributed by atoms with E-state index in [-0.39, 0.29) is 55.0 Å². The highest BCUT2D eigenvalue weighted by molar-refractivity contribution is 5.93. The lowest BCUT2D eigenvalue weighted by atomic mass is 10.00. The summed E-state index contributed by atoms with van der Waals surface area (Å²) in [6.45, 7) is 6.53. The number of carbonyl (C=O) groups excluding carboxylic acids is 4. The third-order valence-corrected chi connectivity index (χ3v) is 7.20. The predicted octanol–water partition coefficient (Wildman–Crippen LogP) is 2.30. The number of hydrogen-bond donors (Lipinski definition) is 4. The Morgan fingerprint density at radius 3 is 2.26 bits per heavy atom. The molecule has 5 N–H and O–H groups in total. The molecule has 0 radical (unpaired) electrons. The summed E-state index contributed by atoms with van der Waals surface area (Å²) in [5, 5.41) is 10.5. The first-order valence-corrected chi connectivity index (χ1v) is 13.6. The van der Waals surface area contributed by atoms with Crippen molar-refractivity contribution in [3.8, 4) is 0 Å². The highest BCUT2D eigenvalue weighted by Gasteiger charge is 2.37. The molecule has 2 aromatic carbocycles. The Balaban J connectivity index is 0.00000533. The second-order valence-electron chi connectivity index (χ2n) is 10.0. The van der Waals surface area contributed by atoms with E-state index in [1.54, 1.807) is 11.8 Å². The summed E-state index contributed by atoms with van der Waals surface area (Å²) in [5.41, 5.74) is 6.47.